The molecule has 1 heterocycles. The lowest BCUT2D eigenvalue weighted by molar-refractivity contribution is 1.08. The Morgan fingerprint density at radius 2 is 2.27 bits per heavy atom. The lowest BCUT2D eigenvalue weighted by atomic mass is 10.1. The molecule has 1 nitrogen and oxygen atoms in total. The fourth-order valence-electron chi connectivity index (χ4n) is 1.22. The van der Waals surface area contributed by atoms with E-state index in [1.54, 1.807) is 0 Å². The number of hydrogen-bond acceptors (Lipinski definition) is 1. The summed E-state index contributed by atoms with van der Waals surface area (Å²) >= 11 is 3.42. The molecule has 0 N–H and O–H groups in total. The van der Waals surface area contributed by atoms with E-state index in [1.807, 2.05) is 12.4 Å². The summed E-state index contributed by atoms with van der Waals surface area (Å²) in [5.74, 6) is 0.821. The zero-order chi connectivity index (χ0) is 7.68. The Balaban J connectivity index is 2.26. The highest BCUT2D eigenvalue weighted by molar-refractivity contribution is 9.08. The van der Waals surface area contributed by atoms with Gasteiger partial charge in [0.25, 0.3) is 0 Å². The van der Waals surface area contributed by atoms with Gasteiger partial charge in [0.2, 0.25) is 0 Å². The van der Waals surface area contributed by atoms with Crippen molar-refractivity contribution in [3.63, 3.8) is 0 Å². The Labute approximate surface area is 75.0 Å². The van der Waals surface area contributed by atoms with Crippen LogP contribution in [-0.4, -0.2) is 4.98 Å². The molecule has 0 unspecified atom stereocenters. The first kappa shape index (κ1) is 7.29. The molecule has 1 saturated carbocycles. The van der Waals surface area contributed by atoms with Gasteiger partial charge in [0.05, 0.1) is 0 Å². The van der Waals surface area contributed by atoms with Crippen molar-refractivity contribution in [2.24, 2.45) is 0 Å². The van der Waals surface area contributed by atoms with E-state index >= 15 is 0 Å². The molecular formula is C9H10BrN. The molecule has 0 radical (unpaired) electrons. The summed E-state index contributed by atoms with van der Waals surface area (Å²) in [6, 6.07) is 2.25. The van der Waals surface area contributed by atoms with Crippen LogP contribution in [0, 0.1) is 0 Å². The number of pyridine rings is 1. The molecule has 0 atom stereocenters. The summed E-state index contributed by atoms with van der Waals surface area (Å²) in [5, 5.41) is 0.917. The summed E-state index contributed by atoms with van der Waals surface area (Å²) in [4.78, 5) is 4.19. The van der Waals surface area contributed by atoms with Crippen molar-refractivity contribution in [1.82, 2.24) is 4.98 Å². The van der Waals surface area contributed by atoms with Crippen molar-refractivity contribution in [2.45, 2.75) is 24.1 Å². The summed E-state index contributed by atoms with van der Waals surface area (Å²) in [7, 11) is 0. The monoisotopic (exact) mass is 211 g/mol. The number of hydrogen-bond donors (Lipinski definition) is 0. The van der Waals surface area contributed by atoms with Crippen molar-refractivity contribution < 1.29 is 0 Å². The molecule has 0 spiro atoms. The molecule has 0 aliphatic heterocycles. The van der Waals surface area contributed by atoms with Crippen LogP contribution in [0.25, 0.3) is 0 Å². The minimum absolute atomic E-state index is 0.821. The number of alkyl halides is 1. The summed E-state index contributed by atoms with van der Waals surface area (Å²) in [6.45, 7) is 0. The van der Waals surface area contributed by atoms with Gasteiger partial charge >= 0.3 is 0 Å². The third-order valence-electron chi connectivity index (χ3n) is 2.02. The Hall–Kier alpha value is -0.370. The first-order chi connectivity index (χ1) is 5.40. The predicted octanol–water partition coefficient (Wildman–Crippen LogP) is 2.85. The highest BCUT2D eigenvalue weighted by atomic mass is 79.9. The van der Waals surface area contributed by atoms with Gasteiger partial charge in [-0.2, -0.15) is 0 Å². The Bertz CT molecular complexity index is 255. The second-order valence-electron chi connectivity index (χ2n) is 3.03. The van der Waals surface area contributed by atoms with Crippen molar-refractivity contribution in [3.05, 3.63) is 29.6 Å². The Kier molecular flexibility index (Phi) is 1.95. The van der Waals surface area contributed by atoms with Gasteiger partial charge in [0.15, 0.2) is 0 Å². The molecule has 11 heavy (non-hydrogen) atoms. The number of nitrogens with zero attached hydrogens (tertiary/aromatic N) is 1. The number of halogens is 1. The SMILES string of the molecule is BrCc1cncc(C2CC2)c1. The molecule has 1 aliphatic carbocycles. The molecule has 0 saturated heterocycles. The molecule has 2 rings (SSSR count). The number of aromatic nitrogens is 1. The largest absolute Gasteiger partial charge is 0.264 e. The van der Waals surface area contributed by atoms with Crippen molar-refractivity contribution in [2.75, 3.05) is 0 Å². The van der Waals surface area contributed by atoms with Crippen LogP contribution in [0.3, 0.4) is 0 Å². The molecule has 2 heteroatoms. The average molecular weight is 212 g/mol. The lowest BCUT2D eigenvalue weighted by Gasteiger charge is -1.98. The number of rotatable bonds is 2. The average Bonchev–Trinajstić information content (AvgIpc) is 2.87. The quantitative estimate of drug-likeness (QED) is 0.687. The van der Waals surface area contributed by atoms with Crippen molar-refractivity contribution >= 4 is 15.9 Å². The van der Waals surface area contributed by atoms with Gasteiger partial charge in [-0.3, -0.25) is 4.98 Å². The fraction of sp³-hybridized carbons (Fsp3) is 0.444. The molecule has 1 aliphatic rings. The normalized spacial score (nSPS) is 16.8. The molecule has 0 aromatic carbocycles. The standard InChI is InChI=1S/C9H10BrN/c10-4-7-3-9(6-11-5-7)8-1-2-8/h3,5-6,8H,1-2,4H2. The van der Waals surface area contributed by atoms with Crippen LogP contribution < -0.4 is 0 Å². The highest BCUT2D eigenvalue weighted by Gasteiger charge is 2.23. The van der Waals surface area contributed by atoms with Gasteiger partial charge in [0.1, 0.15) is 0 Å². The maximum atomic E-state index is 4.19. The van der Waals surface area contributed by atoms with E-state index in [-0.39, 0.29) is 0 Å². The highest BCUT2D eigenvalue weighted by Crippen LogP contribution is 2.39. The molecular weight excluding hydrogens is 202 g/mol. The zero-order valence-corrected chi connectivity index (χ0v) is 7.84. The van der Waals surface area contributed by atoms with Crippen LogP contribution >= 0.6 is 15.9 Å². The van der Waals surface area contributed by atoms with E-state index < -0.39 is 0 Å². The van der Waals surface area contributed by atoms with Crippen LogP contribution in [0.4, 0.5) is 0 Å². The van der Waals surface area contributed by atoms with Crippen molar-refractivity contribution in [3.8, 4) is 0 Å². The van der Waals surface area contributed by atoms with Crippen LogP contribution in [-0.2, 0) is 5.33 Å². The van der Waals surface area contributed by atoms with Crippen LogP contribution in [0.15, 0.2) is 18.5 Å². The molecule has 1 fully saturated rings. The Morgan fingerprint density at radius 3 is 2.91 bits per heavy atom. The summed E-state index contributed by atoms with van der Waals surface area (Å²) in [5.41, 5.74) is 2.70. The smallest absolute Gasteiger partial charge is 0.0308 e. The molecule has 58 valence electrons. The second kappa shape index (κ2) is 2.94. The molecule has 0 bridgehead atoms. The van der Waals surface area contributed by atoms with E-state index in [2.05, 4.69) is 27.0 Å². The third kappa shape index (κ3) is 1.62. The third-order valence-corrected chi connectivity index (χ3v) is 2.67. The van der Waals surface area contributed by atoms with Crippen molar-refractivity contribution in [1.29, 1.82) is 0 Å². The van der Waals surface area contributed by atoms with Crippen LogP contribution in [0.1, 0.15) is 29.9 Å². The summed E-state index contributed by atoms with van der Waals surface area (Å²) in [6.07, 6.45) is 6.62. The van der Waals surface area contributed by atoms with Gasteiger partial charge in [-0.05, 0) is 29.9 Å². The van der Waals surface area contributed by atoms with Crippen LogP contribution in [0.2, 0.25) is 0 Å². The Morgan fingerprint density at radius 1 is 1.45 bits per heavy atom. The van der Waals surface area contributed by atoms with E-state index in [0.717, 1.165) is 11.2 Å². The maximum absolute atomic E-state index is 4.19. The summed E-state index contributed by atoms with van der Waals surface area (Å²) < 4.78 is 0. The maximum Gasteiger partial charge on any atom is 0.0308 e. The van der Waals surface area contributed by atoms with E-state index in [0.29, 0.717) is 0 Å². The van der Waals surface area contributed by atoms with Gasteiger partial charge in [-0.15, -0.1) is 0 Å². The van der Waals surface area contributed by atoms with E-state index in [1.165, 1.54) is 24.0 Å². The first-order valence-electron chi connectivity index (χ1n) is 3.90. The van der Waals surface area contributed by atoms with E-state index in [9.17, 15) is 0 Å². The van der Waals surface area contributed by atoms with Gasteiger partial charge < -0.3 is 0 Å². The first-order valence-corrected chi connectivity index (χ1v) is 5.02. The predicted molar refractivity (Wildman–Crippen MR) is 48.8 cm³/mol. The van der Waals surface area contributed by atoms with E-state index in [4.69, 9.17) is 0 Å². The minimum atomic E-state index is 0.821. The van der Waals surface area contributed by atoms with Gasteiger partial charge in [0, 0.05) is 17.7 Å². The lowest BCUT2D eigenvalue weighted by Crippen LogP contribution is -1.85. The zero-order valence-electron chi connectivity index (χ0n) is 6.26. The van der Waals surface area contributed by atoms with Gasteiger partial charge in [-0.25, -0.2) is 0 Å². The minimum Gasteiger partial charge on any atom is -0.264 e. The fourth-order valence-corrected chi connectivity index (χ4v) is 1.53. The molecule has 1 aromatic rings. The molecule has 0 amide bonds. The van der Waals surface area contributed by atoms with Gasteiger partial charge in [-0.1, -0.05) is 22.0 Å². The topological polar surface area (TPSA) is 12.9 Å². The van der Waals surface area contributed by atoms with Crippen LogP contribution in [0.5, 0.6) is 0 Å². The molecule has 1 aromatic heterocycles. The second-order valence-corrected chi connectivity index (χ2v) is 3.60.